The topological polar surface area (TPSA) is 190 Å². The number of anilines is 1. The fourth-order valence-corrected chi connectivity index (χ4v) is 6.28. The Balaban J connectivity index is 1.10. The standard InChI is InChI=1S/C38H41N3O11/c1-47-27-5-6-30-28(15-27)38(46)40-37(39-30)21-4-7-32(26(10-21)19-44)50-8-9-51-36-34(48-2)13-22(14-35(36)49-3)31-16-33(52-41-31)23-11-24(17-42)29(20-45)25(12-23)18-43/h4-7,10-15,33,37,39,42-45H,8-9,16-20H2,1-3H3,(H,40,46). The van der Waals surface area contributed by atoms with Crippen LogP contribution in [0, 0.1) is 0 Å². The predicted molar refractivity (Wildman–Crippen MR) is 189 cm³/mol. The van der Waals surface area contributed by atoms with Crippen LogP contribution in [0.15, 0.2) is 65.8 Å². The third kappa shape index (κ3) is 7.41. The van der Waals surface area contributed by atoms with Gasteiger partial charge in [0, 0.05) is 23.2 Å². The molecule has 0 aromatic heterocycles. The van der Waals surface area contributed by atoms with Crippen LogP contribution in [0.4, 0.5) is 5.69 Å². The molecule has 1 amide bonds. The lowest BCUT2D eigenvalue weighted by molar-refractivity contribution is 0.0853. The van der Waals surface area contributed by atoms with E-state index in [0.717, 1.165) is 5.56 Å². The van der Waals surface area contributed by atoms with Crippen LogP contribution in [-0.2, 0) is 31.3 Å². The summed E-state index contributed by atoms with van der Waals surface area (Å²) in [5.74, 6) is 1.98. The quantitative estimate of drug-likeness (QED) is 0.0977. The van der Waals surface area contributed by atoms with Crippen molar-refractivity contribution in [2.45, 2.75) is 45.1 Å². The molecule has 4 aromatic carbocycles. The van der Waals surface area contributed by atoms with E-state index in [-0.39, 0.29) is 45.5 Å². The summed E-state index contributed by atoms with van der Waals surface area (Å²) in [5, 5.41) is 50.1. The second-order valence-corrected chi connectivity index (χ2v) is 12.0. The zero-order chi connectivity index (χ0) is 36.8. The molecule has 6 N–H and O–H groups in total. The van der Waals surface area contributed by atoms with E-state index in [2.05, 4.69) is 15.8 Å². The second kappa shape index (κ2) is 16.2. The number of oxime groups is 1. The Morgan fingerprint density at radius 1 is 0.731 bits per heavy atom. The molecule has 2 aliphatic rings. The lowest BCUT2D eigenvalue weighted by Crippen LogP contribution is -2.38. The summed E-state index contributed by atoms with van der Waals surface area (Å²) in [6.45, 7) is -0.914. The highest BCUT2D eigenvalue weighted by molar-refractivity contribution is 6.03. The molecule has 0 aliphatic carbocycles. The number of hydrogen-bond acceptors (Lipinski definition) is 13. The predicted octanol–water partition coefficient (Wildman–Crippen LogP) is 3.86. The Hall–Kier alpha value is -5.54. The van der Waals surface area contributed by atoms with Gasteiger partial charge in [-0.3, -0.25) is 4.79 Å². The van der Waals surface area contributed by atoms with Gasteiger partial charge in [-0.1, -0.05) is 11.2 Å². The van der Waals surface area contributed by atoms with E-state index in [4.69, 9.17) is 28.5 Å². The van der Waals surface area contributed by atoms with Gasteiger partial charge in [0.05, 0.1) is 59.0 Å². The van der Waals surface area contributed by atoms with E-state index < -0.39 is 12.3 Å². The molecule has 2 aliphatic heterocycles. The van der Waals surface area contributed by atoms with Crippen molar-refractivity contribution in [2.75, 3.05) is 39.9 Å². The molecule has 2 heterocycles. The number of fused-ring (bicyclic) bond motifs is 1. The molecule has 0 spiro atoms. The second-order valence-electron chi connectivity index (χ2n) is 12.0. The van der Waals surface area contributed by atoms with Crippen LogP contribution >= 0.6 is 0 Å². The molecule has 4 aromatic rings. The summed E-state index contributed by atoms with van der Waals surface area (Å²) in [7, 11) is 4.57. The van der Waals surface area contributed by atoms with Gasteiger partial charge < -0.3 is 59.6 Å². The van der Waals surface area contributed by atoms with Crippen molar-refractivity contribution in [3.63, 3.8) is 0 Å². The summed E-state index contributed by atoms with van der Waals surface area (Å²) in [4.78, 5) is 18.6. The van der Waals surface area contributed by atoms with Crippen molar-refractivity contribution in [3.8, 4) is 28.7 Å². The number of hydrogen-bond donors (Lipinski definition) is 6. The molecule has 14 heteroatoms. The van der Waals surface area contributed by atoms with E-state index in [1.165, 1.54) is 14.2 Å². The zero-order valence-electron chi connectivity index (χ0n) is 29.0. The maximum absolute atomic E-state index is 12.8. The average Bonchev–Trinajstić information content (AvgIpc) is 3.69. The molecule has 14 nitrogen and oxygen atoms in total. The van der Waals surface area contributed by atoms with E-state index >= 15 is 0 Å². The van der Waals surface area contributed by atoms with E-state index in [9.17, 15) is 25.2 Å². The van der Waals surface area contributed by atoms with Crippen LogP contribution in [0.3, 0.4) is 0 Å². The molecule has 0 bridgehead atoms. The van der Waals surface area contributed by atoms with Gasteiger partial charge in [0.1, 0.15) is 30.9 Å². The molecule has 274 valence electrons. The zero-order valence-corrected chi connectivity index (χ0v) is 29.0. The molecule has 52 heavy (non-hydrogen) atoms. The normalized spacial score (nSPS) is 16.2. The average molecular weight is 716 g/mol. The number of nitrogens with one attached hydrogen (secondary N) is 2. The summed E-state index contributed by atoms with van der Waals surface area (Å²) in [6.07, 6.45) is -0.588. The van der Waals surface area contributed by atoms with Crippen LogP contribution < -0.4 is 34.3 Å². The molecular formula is C38H41N3O11. The van der Waals surface area contributed by atoms with Crippen molar-refractivity contribution in [2.24, 2.45) is 5.16 Å². The van der Waals surface area contributed by atoms with E-state index in [1.807, 2.05) is 6.07 Å². The molecule has 0 saturated carbocycles. The van der Waals surface area contributed by atoms with Gasteiger partial charge in [-0.15, -0.1) is 0 Å². The van der Waals surface area contributed by atoms with Crippen LogP contribution in [0.2, 0.25) is 0 Å². The number of methoxy groups -OCH3 is 3. The van der Waals surface area contributed by atoms with E-state index in [1.54, 1.807) is 61.7 Å². The summed E-state index contributed by atoms with van der Waals surface area (Å²) in [6, 6.07) is 17.6. The molecular weight excluding hydrogens is 674 g/mol. The first-order valence-electron chi connectivity index (χ1n) is 16.5. The number of aliphatic hydroxyl groups is 4. The highest BCUT2D eigenvalue weighted by Crippen LogP contribution is 2.41. The lowest BCUT2D eigenvalue weighted by Gasteiger charge is -2.29. The van der Waals surface area contributed by atoms with Gasteiger partial charge in [0.2, 0.25) is 5.75 Å². The molecule has 2 atom stereocenters. The molecule has 6 rings (SSSR count). The van der Waals surface area contributed by atoms with Gasteiger partial charge in [-0.2, -0.15) is 0 Å². The summed E-state index contributed by atoms with van der Waals surface area (Å²) in [5.41, 5.74) is 5.99. The SMILES string of the molecule is COc1ccc2c(c1)C(=O)NC(c1ccc(OCCOc3c(OC)cc(C4=NOC(c5cc(CO)c(CO)c(CO)c5)C4)cc3OC)c(CO)c1)N2. The first-order chi connectivity index (χ1) is 25.3. The number of carbonyl (C=O) groups is 1. The number of ether oxygens (including phenoxy) is 5. The van der Waals surface area contributed by atoms with Crippen molar-refractivity contribution in [3.05, 3.63) is 105 Å². The number of aliphatic hydroxyl groups excluding tert-OH is 4. The van der Waals surface area contributed by atoms with Gasteiger partial charge in [0.25, 0.3) is 5.91 Å². The van der Waals surface area contributed by atoms with Gasteiger partial charge in [-0.05, 0) is 82.4 Å². The summed E-state index contributed by atoms with van der Waals surface area (Å²) < 4.78 is 28.6. The Morgan fingerprint density at radius 3 is 2.04 bits per heavy atom. The third-order valence-electron chi connectivity index (χ3n) is 9.01. The molecule has 0 fully saturated rings. The molecule has 2 unspecified atom stereocenters. The van der Waals surface area contributed by atoms with E-state index in [0.29, 0.717) is 85.5 Å². The minimum Gasteiger partial charge on any atom is -0.497 e. The van der Waals surface area contributed by atoms with Gasteiger partial charge >= 0.3 is 0 Å². The van der Waals surface area contributed by atoms with Gasteiger partial charge in [0.15, 0.2) is 17.6 Å². The van der Waals surface area contributed by atoms with Gasteiger partial charge in [-0.25, -0.2) is 0 Å². The number of nitrogens with zero attached hydrogens (tertiary/aromatic N) is 1. The number of rotatable bonds is 15. The number of benzene rings is 4. The minimum atomic E-state index is -0.511. The van der Waals surface area contributed by atoms with Crippen molar-refractivity contribution in [1.29, 1.82) is 0 Å². The van der Waals surface area contributed by atoms with Crippen molar-refractivity contribution in [1.82, 2.24) is 5.32 Å². The molecule has 0 saturated heterocycles. The first-order valence-corrected chi connectivity index (χ1v) is 16.5. The maximum atomic E-state index is 12.8. The first kappa shape index (κ1) is 36.3. The highest BCUT2D eigenvalue weighted by Gasteiger charge is 2.28. The number of amides is 1. The highest BCUT2D eigenvalue weighted by atomic mass is 16.6. The smallest absolute Gasteiger partial charge is 0.255 e. The van der Waals surface area contributed by atoms with Crippen molar-refractivity contribution < 1.29 is 53.7 Å². The van der Waals surface area contributed by atoms with Crippen LogP contribution in [0.1, 0.15) is 68.0 Å². The fraction of sp³-hybridized carbons (Fsp3) is 0.316. The Bertz CT molecular complexity index is 1910. The fourth-order valence-electron chi connectivity index (χ4n) is 6.28. The Morgan fingerprint density at radius 2 is 1.40 bits per heavy atom. The molecule has 0 radical (unpaired) electrons. The van der Waals surface area contributed by atoms with Crippen LogP contribution in [0.25, 0.3) is 0 Å². The van der Waals surface area contributed by atoms with Crippen molar-refractivity contribution >= 4 is 17.3 Å². The maximum Gasteiger partial charge on any atom is 0.255 e. The Labute approximate surface area is 300 Å². The Kier molecular flexibility index (Phi) is 11.3. The lowest BCUT2D eigenvalue weighted by atomic mass is 9.93. The largest absolute Gasteiger partial charge is 0.497 e. The number of carbonyl (C=O) groups excluding carboxylic acids is 1. The monoisotopic (exact) mass is 715 g/mol. The third-order valence-corrected chi connectivity index (χ3v) is 9.01. The summed E-state index contributed by atoms with van der Waals surface area (Å²) >= 11 is 0. The van der Waals surface area contributed by atoms with Crippen LogP contribution in [-0.4, -0.2) is 66.6 Å². The van der Waals surface area contributed by atoms with Crippen LogP contribution in [0.5, 0.6) is 28.7 Å². The minimum absolute atomic E-state index is 0.121.